The summed E-state index contributed by atoms with van der Waals surface area (Å²) in [6.07, 6.45) is 6.99. The third-order valence-electron chi connectivity index (χ3n) is 11.3. The monoisotopic (exact) mass is 1040 g/mol. The van der Waals surface area contributed by atoms with E-state index < -0.39 is 55.9 Å². The molecule has 12 nitrogen and oxygen atoms in total. The number of ether oxygens (including phenoxy) is 2. The number of nitrogens with zero attached hydrogens (tertiary/aromatic N) is 4. The maximum atomic E-state index is 15.3. The zero-order chi connectivity index (χ0) is 54.9. The molecule has 19 heteroatoms. The number of aldehydes is 2. The van der Waals surface area contributed by atoms with E-state index >= 15 is 8.78 Å². The van der Waals surface area contributed by atoms with Gasteiger partial charge in [-0.05, 0) is 99.7 Å². The van der Waals surface area contributed by atoms with Gasteiger partial charge in [0.25, 0.3) is 6.43 Å². The van der Waals surface area contributed by atoms with E-state index in [2.05, 4.69) is 48.2 Å². The zero-order valence-electron chi connectivity index (χ0n) is 43.4. The first-order chi connectivity index (χ1) is 33.8. The van der Waals surface area contributed by atoms with Crippen LogP contribution in [0.15, 0.2) is 92.4 Å². The van der Waals surface area contributed by atoms with Gasteiger partial charge in [-0.3, -0.25) is 23.3 Å². The fraction of sp³-hybridized carbons (Fsp3) is 0.528. The van der Waals surface area contributed by atoms with Gasteiger partial charge in [0.05, 0.1) is 24.3 Å². The molecule has 2 saturated heterocycles. The van der Waals surface area contributed by atoms with Crippen LogP contribution in [0.4, 0.5) is 26.3 Å². The van der Waals surface area contributed by atoms with Crippen LogP contribution in [0, 0.1) is 39.7 Å². The Kier molecular flexibility index (Phi) is 28.7. The zero-order valence-corrected chi connectivity index (χ0v) is 44.3. The predicted octanol–water partition coefficient (Wildman–Crippen LogP) is 12.1. The average Bonchev–Trinajstić information content (AvgIpc) is 3.96. The summed E-state index contributed by atoms with van der Waals surface area (Å²) in [5.74, 6) is -1.35. The Labute approximate surface area is 423 Å². The van der Waals surface area contributed by atoms with Gasteiger partial charge in [0.1, 0.15) is 24.2 Å². The standard InChI is InChI=1S/C21H25F2O6P.C13H12F2N2.C13H24F2N2.C5H10O.CH5N/c1-15(20(2,3)4)27-14-29-30(25,28-13-26-5)21(22,23)19-9-8-17-7-6-16(12-24)10-18(17)11-19;1-2-17-7-10(6-16)13(8-17)9-3-11(14)5-12(15)4-9;1-3-4-9-17(11-13(14)15)10-7-12-6-5-8-16(12)2;1-5(2,3)4-6;1-2/h6-12H,1,13-14H2,2-5H3;2-5,10,13H,1,7-8H2;3,12-13H,1,4-11H2,2H3;4H,1-3H3;2H2,1H3/t;10-,13?;12-;;/m.01../s1. The van der Waals surface area contributed by atoms with Crippen LogP contribution in [-0.2, 0) is 33.5 Å². The number of likely N-dealkylation sites (tertiary alicyclic amines) is 2. The maximum Gasteiger partial charge on any atom is 0.409 e. The third kappa shape index (κ3) is 22.1. The summed E-state index contributed by atoms with van der Waals surface area (Å²) < 4.78 is 114. The molecule has 0 amide bonds. The van der Waals surface area contributed by atoms with Gasteiger partial charge in [0, 0.05) is 66.7 Å². The number of allylic oxidation sites excluding steroid dienone is 1. The first kappa shape index (κ1) is 65.2. The van der Waals surface area contributed by atoms with Gasteiger partial charge in [-0.1, -0.05) is 85.0 Å². The number of benzene rings is 3. The van der Waals surface area contributed by atoms with Gasteiger partial charge < -0.3 is 29.8 Å². The molecule has 0 bridgehead atoms. The quantitative estimate of drug-likeness (QED) is 0.0287. The molecule has 2 aliphatic heterocycles. The minimum Gasteiger partial charge on any atom is -0.471 e. The Morgan fingerprint density at radius 3 is 2.06 bits per heavy atom. The minimum absolute atomic E-state index is 0.107. The van der Waals surface area contributed by atoms with E-state index in [9.17, 15) is 31.7 Å². The van der Waals surface area contributed by atoms with Crippen LogP contribution in [0.1, 0.15) is 94.6 Å². The number of carbonyl (C=O) groups excluding carboxylic acids is 2. The molecule has 2 fully saturated rings. The fourth-order valence-corrected chi connectivity index (χ4v) is 8.36. The Hall–Kier alpha value is -4.86. The minimum atomic E-state index is -5.06. The highest BCUT2D eigenvalue weighted by Crippen LogP contribution is 2.67. The second-order valence-corrected chi connectivity index (χ2v) is 21.2. The summed E-state index contributed by atoms with van der Waals surface area (Å²) in [6.45, 7) is 24.3. The molecule has 0 saturated carbocycles. The number of halogens is 6. The van der Waals surface area contributed by atoms with E-state index in [-0.39, 0.29) is 29.6 Å². The number of carbonyl (C=O) groups is 2. The Morgan fingerprint density at radius 2 is 1.56 bits per heavy atom. The second kappa shape index (κ2) is 31.7. The summed E-state index contributed by atoms with van der Waals surface area (Å²) in [4.78, 5) is 26.9. The number of nitrogens with two attached hydrogens (primary N) is 1. The molecule has 2 unspecified atom stereocenters. The lowest BCUT2D eigenvalue weighted by molar-refractivity contribution is -0.113. The Morgan fingerprint density at radius 1 is 0.944 bits per heavy atom. The van der Waals surface area contributed by atoms with Crippen molar-refractivity contribution < 1.29 is 59.0 Å². The van der Waals surface area contributed by atoms with E-state index in [1.54, 1.807) is 24.4 Å². The lowest BCUT2D eigenvalue weighted by atomic mass is 9.90. The summed E-state index contributed by atoms with van der Waals surface area (Å²) in [6, 6.07) is 14.6. The first-order valence-corrected chi connectivity index (χ1v) is 25.0. The van der Waals surface area contributed by atoms with E-state index in [0.29, 0.717) is 53.9 Å². The Balaban J connectivity index is 0.000000527. The molecule has 2 aliphatic rings. The molecule has 2 N–H and O–H groups in total. The van der Waals surface area contributed by atoms with Crippen LogP contribution in [-0.4, -0.2) is 114 Å². The number of hydrogen-bond donors (Lipinski definition) is 1. The van der Waals surface area contributed by atoms with E-state index in [1.807, 2.05) is 51.3 Å². The SMILES string of the molecule is C=C(OCOP(=O)(OCOC)C(F)(F)c1ccc2ccc(C=O)cc2c1)C(C)(C)C.C=CCCN(CC[C@H]1CCCN1C)CC(F)F.C=CN1CC(c2cc(F)cc(F)c2)[C@@H](C#N)C1.CC(C)(C)C=O.CN. The number of hydrogen-bond acceptors (Lipinski definition) is 12. The number of alkyl halides is 4. The van der Waals surface area contributed by atoms with Crippen molar-refractivity contribution in [2.75, 3.05) is 74.1 Å². The van der Waals surface area contributed by atoms with Crippen molar-refractivity contribution in [2.24, 2.45) is 22.5 Å². The molecule has 0 spiro atoms. The number of fused-ring (bicyclic) bond motifs is 1. The average molecular weight is 1040 g/mol. The highest BCUT2D eigenvalue weighted by Gasteiger charge is 2.55. The van der Waals surface area contributed by atoms with Crippen molar-refractivity contribution in [3.8, 4) is 6.07 Å². The van der Waals surface area contributed by atoms with Gasteiger partial charge >= 0.3 is 13.3 Å². The summed E-state index contributed by atoms with van der Waals surface area (Å²) in [5, 5.41) is 10.1. The van der Waals surface area contributed by atoms with E-state index in [1.165, 1.54) is 51.3 Å². The lowest BCUT2D eigenvalue weighted by Gasteiger charge is -2.28. The molecule has 4 atom stereocenters. The van der Waals surface area contributed by atoms with Gasteiger partial charge in [-0.15, -0.1) is 6.58 Å². The van der Waals surface area contributed by atoms with Gasteiger partial charge in [0.15, 0.2) is 13.6 Å². The van der Waals surface area contributed by atoms with Crippen molar-refractivity contribution >= 4 is 30.9 Å². The van der Waals surface area contributed by atoms with Crippen LogP contribution in [0.2, 0.25) is 0 Å². The first-order valence-electron chi connectivity index (χ1n) is 23.4. The highest BCUT2D eigenvalue weighted by atomic mass is 31.2. The van der Waals surface area contributed by atoms with Crippen LogP contribution in [0.5, 0.6) is 0 Å². The van der Waals surface area contributed by atoms with Crippen LogP contribution < -0.4 is 5.73 Å². The maximum absolute atomic E-state index is 15.3. The smallest absolute Gasteiger partial charge is 0.409 e. The summed E-state index contributed by atoms with van der Waals surface area (Å²) in [5.41, 5.74) is 0.166. The predicted molar refractivity (Wildman–Crippen MR) is 273 cm³/mol. The molecule has 2 heterocycles. The van der Waals surface area contributed by atoms with Crippen LogP contribution in [0.25, 0.3) is 10.8 Å². The summed E-state index contributed by atoms with van der Waals surface area (Å²) >= 11 is 0. The summed E-state index contributed by atoms with van der Waals surface area (Å²) in [7, 11) is -0.230. The fourth-order valence-electron chi connectivity index (χ4n) is 7.07. The molecular weight excluding hydrogens is 964 g/mol. The normalized spacial score (nSPS) is 17.6. The highest BCUT2D eigenvalue weighted by molar-refractivity contribution is 7.54. The van der Waals surface area contributed by atoms with Crippen molar-refractivity contribution in [1.82, 2.24) is 14.7 Å². The van der Waals surface area contributed by atoms with Crippen molar-refractivity contribution in [3.05, 3.63) is 121 Å². The van der Waals surface area contributed by atoms with Crippen molar-refractivity contribution in [3.63, 3.8) is 0 Å². The molecule has 0 aliphatic carbocycles. The van der Waals surface area contributed by atoms with Gasteiger partial charge in [-0.25, -0.2) is 17.6 Å². The molecule has 3 aromatic rings. The second-order valence-electron chi connectivity index (χ2n) is 19.1. The van der Waals surface area contributed by atoms with E-state index in [0.717, 1.165) is 50.4 Å². The number of nitriles is 1. The van der Waals surface area contributed by atoms with Gasteiger partial charge in [0.2, 0.25) is 0 Å². The molecule has 0 radical (unpaired) electrons. The molecule has 0 aromatic heterocycles. The topological polar surface area (TPSA) is 148 Å². The Bertz CT molecular complexity index is 2230. The largest absolute Gasteiger partial charge is 0.471 e. The van der Waals surface area contributed by atoms with Crippen LogP contribution >= 0.6 is 7.60 Å². The van der Waals surface area contributed by atoms with Crippen molar-refractivity contribution in [2.45, 2.75) is 91.3 Å². The number of rotatable bonds is 20. The molecule has 5 rings (SSSR count). The molecule has 3 aromatic carbocycles. The van der Waals surface area contributed by atoms with Crippen molar-refractivity contribution in [1.29, 1.82) is 5.26 Å². The lowest BCUT2D eigenvalue weighted by Crippen LogP contribution is -2.35. The van der Waals surface area contributed by atoms with Crippen LogP contribution in [0.3, 0.4) is 0 Å². The molecular formula is C53H76F6N5O7P. The third-order valence-corrected chi connectivity index (χ3v) is 13.1. The molecule has 72 heavy (non-hydrogen) atoms. The molecule has 402 valence electrons. The number of methoxy groups -OCH3 is 1. The van der Waals surface area contributed by atoms with E-state index in [4.69, 9.17) is 19.0 Å². The van der Waals surface area contributed by atoms with Gasteiger partial charge in [-0.2, -0.15) is 14.0 Å².